The van der Waals surface area contributed by atoms with E-state index in [-0.39, 0.29) is 11.3 Å². The van der Waals surface area contributed by atoms with Crippen LogP contribution in [0.3, 0.4) is 0 Å². The van der Waals surface area contributed by atoms with Gasteiger partial charge in [0.25, 0.3) is 0 Å². The zero-order valence-corrected chi connectivity index (χ0v) is 13.2. The number of carbonyl (C=O) groups is 1. The molecule has 2 nitrogen and oxygen atoms in total. The van der Waals surface area contributed by atoms with Crippen LogP contribution in [-0.2, 0) is 4.79 Å². The Kier molecular flexibility index (Phi) is 7.19. The first-order valence-corrected chi connectivity index (χ1v) is 8.05. The van der Waals surface area contributed by atoms with Gasteiger partial charge in [-0.2, -0.15) is 24.9 Å². The molecule has 1 aromatic carbocycles. The highest BCUT2D eigenvalue weighted by molar-refractivity contribution is 7.99. The lowest BCUT2D eigenvalue weighted by molar-refractivity contribution is -0.162. The molecule has 0 saturated carbocycles. The third kappa shape index (κ3) is 6.68. The number of alkyl halides is 3. The van der Waals surface area contributed by atoms with Crippen LogP contribution in [0, 0.1) is 11.7 Å². The van der Waals surface area contributed by atoms with Crippen LogP contribution in [0.4, 0.5) is 17.6 Å². The Morgan fingerprint density at radius 1 is 1.23 bits per heavy atom. The van der Waals surface area contributed by atoms with Gasteiger partial charge in [-0.3, -0.25) is 4.79 Å². The molecule has 1 aromatic rings. The second-order valence-electron chi connectivity index (χ2n) is 5.33. The Hall–Kier alpha value is -1.24. The van der Waals surface area contributed by atoms with Crippen molar-refractivity contribution in [2.24, 2.45) is 5.92 Å². The van der Waals surface area contributed by atoms with Gasteiger partial charge in [0, 0.05) is 0 Å². The number of carbonyl (C=O) groups excluding carboxylic acids is 1. The maximum atomic E-state index is 13.0. The van der Waals surface area contributed by atoms with Gasteiger partial charge in [-0.25, -0.2) is 4.39 Å². The van der Waals surface area contributed by atoms with Crippen molar-refractivity contribution in [3.05, 3.63) is 35.6 Å². The molecule has 0 radical (unpaired) electrons. The number of hydrogen-bond donors (Lipinski definition) is 1. The van der Waals surface area contributed by atoms with E-state index in [1.54, 1.807) is 0 Å². The number of nitrogens with one attached hydrogen (secondary N) is 1. The van der Waals surface area contributed by atoms with Crippen LogP contribution >= 0.6 is 11.8 Å². The number of thioether (sulfide) groups is 1. The third-order valence-electron chi connectivity index (χ3n) is 2.91. The summed E-state index contributed by atoms with van der Waals surface area (Å²) in [6.07, 6.45) is -3.73. The fourth-order valence-electron chi connectivity index (χ4n) is 1.70. The Balaban J connectivity index is 2.62. The second kappa shape index (κ2) is 8.41. The van der Waals surface area contributed by atoms with Crippen molar-refractivity contribution >= 4 is 17.7 Å². The molecule has 22 heavy (non-hydrogen) atoms. The van der Waals surface area contributed by atoms with E-state index in [0.717, 1.165) is 36.4 Å². The van der Waals surface area contributed by atoms with E-state index in [1.165, 1.54) is 11.8 Å². The lowest BCUT2D eigenvalue weighted by Gasteiger charge is -2.22. The number of halogens is 4. The summed E-state index contributed by atoms with van der Waals surface area (Å²) in [5.74, 6) is -0.128. The molecular formula is C15H19F4NOS. The molecule has 1 N–H and O–H groups in total. The Morgan fingerprint density at radius 3 is 2.32 bits per heavy atom. The van der Waals surface area contributed by atoms with Gasteiger partial charge in [0.2, 0.25) is 5.91 Å². The average Bonchev–Trinajstić information content (AvgIpc) is 2.41. The van der Waals surface area contributed by atoms with Gasteiger partial charge in [-0.05, 0) is 35.8 Å². The third-order valence-corrected chi connectivity index (χ3v) is 3.90. The number of hydrogen-bond acceptors (Lipinski definition) is 2. The molecule has 0 spiro atoms. The van der Waals surface area contributed by atoms with Crippen LogP contribution in [0.1, 0.15) is 31.9 Å². The molecule has 0 aliphatic rings. The van der Waals surface area contributed by atoms with Crippen LogP contribution < -0.4 is 5.32 Å². The maximum absolute atomic E-state index is 13.0. The van der Waals surface area contributed by atoms with Crippen LogP contribution in [-0.4, -0.2) is 23.6 Å². The summed E-state index contributed by atoms with van der Waals surface area (Å²) in [5, 5.41) is 1.97. The number of benzene rings is 1. The zero-order chi connectivity index (χ0) is 16.8. The van der Waals surface area contributed by atoms with Crippen LogP contribution in [0.25, 0.3) is 0 Å². The lowest BCUT2D eigenvalue weighted by Crippen LogP contribution is -2.39. The fourth-order valence-corrected chi connectivity index (χ4v) is 2.75. The summed E-state index contributed by atoms with van der Waals surface area (Å²) >= 11 is 1.30. The molecule has 1 unspecified atom stereocenters. The van der Waals surface area contributed by atoms with E-state index < -0.39 is 23.9 Å². The first-order valence-electron chi connectivity index (χ1n) is 6.89. The molecule has 0 heterocycles. The topological polar surface area (TPSA) is 29.1 Å². The minimum Gasteiger partial charge on any atom is -0.340 e. The quantitative estimate of drug-likeness (QED) is 0.593. The van der Waals surface area contributed by atoms with Crippen molar-refractivity contribution in [3.63, 3.8) is 0 Å². The summed E-state index contributed by atoms with van der Waals surface area (Å²) in [4.78, 5) is 11.7. The van der Waals surface area contributed by atoms with Gasteiger partial charge in [0.1, 0.15) is 5.82 Å². The van der Waals surface area contributed by atoms with Gasteiger partial charge in [0.05, 0.1) is 5.75 Å². The average molecular weight is 337 g/mol. The van der Waals surface area contributed by atoms with Crippen LogP contribution in [0.2, 0.25) is 0 Å². The molecule has 1 atom stereocenters. The minimum absolute atomic E-state index is 0.0273. The monoisotopic (exact) mass is 337 g/mol. The molecule has 0 aliphatic heterocycles. The highest BCUT2D eigenvalue weighted by atomic mass is 32.2. The summed E-state index contributed by atoms with van der Waals surface area (Å²) in [6.45, 7) is 4.07. The fraction of sp³-hybridized carbons (Fsp3) is 0.533. The molecule has 0 fully saturated rings. The highest BCUT2D eigenvalue weighted by Gasteiger charge is 2.41. The molecule has 0 bridgehead atoms. The lowest BCUT2D eigenvalue weighted by atomic mass is 10.1. The van der Waals surface area contributed by atoms with Gasteiger partial charge >= 0.3 is 6.18 Å². The summed E-state index contributed by atoms with van der Waals surface area (Å²) in [5.41, 5.74) is -0.186. The van der Waals surface area contributed by atoms with Crippen molar-refractivity contribution in [2.75, 3.05) is 11.5 Å². The Labute approximate surface area is 131 Å². The van der Waals surface area contributed by atoms with Gasteiger partial charge in [0.15, 0.2) is 6.04 Å². The smallest absolute Gasteiger partial charge is 0.340 e. The van der Waals surface area contributed by atoms with Crippen molar-refractivity contribution < 1.29 is 22.4 Å². The molecule has 0 aliphatic carbocycles. The SMILES string of the molecule is CC(C)CCSCC(=O)NC(c1ccc(F)cc1)C(F)(F)F. The van der Waals surface area contributed by atoms with E-state index in [4.69, 9.17) is 0 Å². The minimum atomic E-state index is -4.63. The van der Waals surface area contributed by atoms with Gasteiger partial charge in [-0.15, -0.1) is 0 Å². The Morgan fingerprint density at radius 2 is 1.82 bits per heavy atom. The molecule has 1 amide bonds. The molecular weight excluding hydrogens is 318 g/mol. The predicted octanol–water partition coefficient (Wildman–Crippen LogP) is 4.32. The van der Waals surface area contributed by atoms with Crippen molar-refractivity contribution in [3.8, 4) is 0 Å². The summed E-state index contributed by atoms with van der Waals surface area (Å²) in [7, 11) is 0. The number of rotatable bonds is 7. The Bertz CT molecular complexity index is 473. The second-order valence-corrected chi connectivity index (χ2v) is 6.43. The normalized spacial score (nSPS) is 13.2. The first-order chi connectivity index (χ1) is 10.2. The van der Waals surface area contributed by atoms with Crippen molar-refractivity contribution in [2.45, 2.75) is 32.5 Å². The molecule has 0 aromatic heterocycles. The van der Waals surface area contributed by atoms with E-state index in [1.807, 2.05) is 19.2 Å². The van der Waals surface area contributed by atoms with Crippen LogP contribution in [0.15, 0.2) is 24.3 Å². The first kappa shape index (κ1) is 18.8. The summed E-state index contributed by atoms with van der Waals surface area (Å²) < 4.78 is 51.9. The van der Waals surface area contributed by atoms with Crippen LogP contribution in [0.5, 0.6) is 0 Å². The van der Waals surface area contributed by atoms with E-state index in [2.05, 4.69) is 0 Å². The van der Waals surface area contributed by atoms with E-state index in [0.29, 0.717) is 5.92 Å². The zero-order valence-electron chi connectivity index (χ0n) is 12.4. The molecule has 0 saturated heterocycles. The number of amides is 1. The van der Waals surface area contributed by atoms with Gasteiger partial charge < -0.3 is 5.32 Å². The summed E-state index contributed by atoms with van der Waals surface area (Å²) in [6, 6.07) is 1.82. The van der Waals surface area contributed by atoms with E-state index in [9.17, 15) is 22.4 Å². The highest BCUT2D eigenvalue weighted by Crippen LogP contribution is 2.32. The predicted molar refractivity (Wildman–Crippen MR) is 80.1 cm³/mol. The molecule has 7 heteroatoms. The largest absolute Gasteiger partial charge is 0.412 e. The maximum Gasteiger partial charge on any atom is 0.412 e. The molecule has 124 valence electrons. The molecule has 1 rings (SSSR count). The van der Waals surface area contributed by atoms with E-state index >= 15 is 0 Å². The van der Waals surface area contributed by atoms with Crippen molar-refractivity contribution in [1.82, 2.24) is 5.32 Å². The van der Waals surface area contributed by atoms with Crippen molar-refractivity contribution in [1.29, 1.82) is 0 Å². The standard InChI is InChI=1S/C15H19F4NOS/c1-10(2)7-8-22-9-13(21)20-14(15(17,18)19)11-3-5-12(16)6-4-11/h3-6,10,14H,7-9H2,1-2H3,(H,20,21). The van der Waals surface area contributed by atoms with Gasteiger partial charge in [-0.1, -0.05) is 26.0 Å².